The normalized spacial score (nSPS) is 15.3. The minimum atomic E-state index is -2.43. The first-order valence-electron chi connectivity index (χ1n) is 20.2. The second-order valence-electron chi connectivity index (χ2n) is 14.2. The Bertz CT molecular complexity index is 2970. The number of aryl methyl sites for hydroxylation is 3. The molecule has 0 N–H and O–H groups in total. The van der Waals surface area contributed by atoms with E-state index in [1.54, 1.807) is 24.4 Å². The Hall–Kier alpha value is -5.19. The predicted molar refractivity (Wildman–Crippen MR) is 204 cm³/mol. The quantitative estimate of drug-likeness (QED) is 0.162. The van der Waals surface area contributed by atoms with Crippen molar-refractivity contribution >= 4 is 32.8 Å². The molecule has 4 heterocycles. The van der Waals surface area contributed by atoms with Crippen LogP contribution in [0.1, 0.15) is 52.1 Å². The van der Waals surface area contributed by atoms with E-state index in [1.165, 1.54) is 4.57 Å². The molecule has 9 rings (SSSR count). The van der Waals surface area contributed by atoms with Crippen LogP contribution in [-0.4, -0.2) is 25.3 Å². The Labute approximate surface area is 322 Å². The summed E-state index contributed by atoms with van der Waals surface area (Å²) in [5, 5.41) is 1.86. The van der Waals surface area contributed by atoms with Crippen molar-refractivity contribution in [2.24, 2.45) is 6.98 Å². The van der Waals surface area contributed by atoms with Crippen molar-refractivity contribution in [1.29, 1.82) is 0 Å². The fourth-order valence-electron chi connectivity index (χ4n) is 7.10. The van der Waals surface area contributed by atoms with Crippen LogP contribution >= 0.6 is 0 Å². The summed E-state index contributed by atoms with van der Waals surface area (Å²) in [5.41, 5.74) is 7.10. The van der Waals surface area contributed by atoms with Gasteiger partial charge in [0.15, 0.2) is 0 Å². The van der Waals surface area contributed by atoms with Crippen LogP contribution < -0.4 is 9.47 Å². The Kier molecular flexibility index (Phi) is 6.38. The number of ether oxygens (including phenoxy) is 2. The van der Waals surface area contributed by atoms with Crippen molar-refractivity contribution in [3.63, 3.8) is 0 Å². The van der Waals surface area contributed by atoms with Gasteiger partial charge in [0.2, 0.25) is 0 Å². The van der Waals surface area contributed by atoms with Gasteiger partial charge in [-0.1, -0.05) is 45.0 Å². The Morgan fingerprint density at radius 2 is 1.67 bits per heavy atom. The van der Waals surface area contributed by atoms with E-state index in [0.717, 1.165) is 57.1 Å². The summed E-state index contributed by atoms with van der Waals surface area (Å²) < 4.78 is 68.7. The van der Waals surface area contributed by atoms with E-state index in [2.05, 4.69) is 39.0 Å². The number of nitrogens with zero attached hydrogens (tertiary/aromatic N) is 4. The summed E-state index contributed by atoms with van der Waals surface area (Å²) >= 11 is 2.04. The summed E-state index contributed by atoms with van der Waals surface area (Å²) in [6, 6.07) is 37.4. The first-order valence-corrected chi connectivity index (χ1v) is 18.4. The van der Waals surface area contributed by atoms with Gasteiger partial charge in [0.1, 0.15) is 5.75 Å². The first-order chi connectivity index (χ1) is 27.6. The van der Waals surface area contributed by atoms with Crippen molar-refractivity contribution in [2.45, 2.75) is 45.9 Å². The number of para-hydroxylation sites is 2. The van der Waals surface area contributed by atoms with Crippen LogP contribution in [-0.2, 0) is 38.2 Å². The number of hydrogen-bond donors (Lipinski definition) is 0. The van der Waals surface area contributed by atoms with Crippen LogP contribution in [0.4, 0.5) is 0 Å². The van der Waals surface area contributed by atoms with Gasteiger partial charge in [-0.25, -0.2) is 0 Å². The van der Waals surface area contributed by atoms with Gasteiger partial charge >= 0.3 is 198 Å². The molecule has 7 heteroatoms. The van der Waals surface area contributed by atoms with E-state index in [0.29, 0.717) is 50.0 Å². The molecule has 0 fully saturated rings. The summed E-state index contributed by atoms with van der Waals surface area (Å²) in [4.78, 5) is 4.93. The Morgan fingerprint density at radius 1 is 0.846 bits per heavy atom. The molecule has 0 aliphatic carbocycles. The predicted octanol–water partition coefficient (Wildman–Crippen LogP) is 10.5. The van der Waals surface area contributed by atoms with Crippen molar-refractivity contribution in [3.8, 4) is 39.9 Å². The average Bonchev–Trinajstić information content (AvgIpc) is 3.66. The molecule has 52 heavy (non-hydrogen) atoms. The van der Waals surface area contributed by atoms with Gasteiger partial charge in [-0.05, 0) is 47.4 Å². The van der Waals surface area contributed by atoms with Crippen LogP contribution in [0, 0.1) is 22.8 Å². The number of aromatic nitrogens is 4. The molecule has 3 aromatic heterocycles. The Balaban J connectivity index is 1.18. The second kappa shape index (κ2) is 12.5. The van der Waals surface area contributed by atoms with Crippen molar-refractivity contribution < 1.29 is 37.1 Å². The molecule has 0 saturated carbocycles. The maximum absolute atomic E-state index is 8.62. The summed E-state index contributed by atoms with van der Waals surface area (Å²) in [6.45, 7) is 2.24. The maximum atomic E-state index is 8.62. The van der Waals surface area contributed by atoms with Gasteiger partial charge in [-0.3, -0.25) is 0 Å². The topological polar surface area (TPSA) is 46.1 Å². The van der Waals surface area contributed by atoms with Gasteiger partial charge < -0.3 is 4.74 Å². The van der Waals surface area contributed by atoms with Crippen LogP contribution in [0.2, 0.25) is 0 Å². The molecule has 8 aromatic rings. The monoisotopic (exact) mass is 867 g/mol. The van der Waals surface area contributed by atoms with E-state index < -0.39 is 13.8 Å². The number of fused-ring (bicyclic) bond motifs is 5. The fourth-order valence-corrected chi connectivity index (χ4v) is 7.92. The molecule has 1 aliphatic rings. The number of rotatable bonds is 5. The minimum absolute atomic E-state index is 0.0480. The summed E-state index contributed by atoms with van der Waals surface area (Å²) in [5.74, 6) is 2.03. The average molecular weight is 868 g/mol. The zero-order valence-corrected chi connectivity index (χ0v) is 31.1. The van der Waals surface area contributed by atoms with Gasteiger partial charge in [-0.15, -0.1) is 0 Å². The van der Waals surface area contributed by atoms with Gasteiger partial charge in [0.25, 0.3) is 0 Å². The van der Waals surface area contributed by atoms with E-state index >= 15 is 0 Å². The van der Waals surface area contributed by atoms with Crippen LogP contribution in [0.5, 0.6) is 17.2 Å². The standard InChI is InChI=1S/C45H38N4O2.Pt/c1-29-22-44(46-27-38(29)30-15-17-32(18-16-30)45(2,3)4)49-41-25-35(19-20-36(41)37-23-31-10-9-21-50-43(31)26-42(37)49)51-34-12-8-11-33(24-34)48-28-47(5)39-13-6-7-14-40(39)48;/h6-8,11-20,22-23,26-27H,9-10,21H2,1-5H3;/q-2;/i1D3,5D3;. The third-order valence-electron chi connectivity index (χ3n) is 9.78. The SMILES string of the molecule is [2H]C([2H])([2H])c1cc(-n2c3[c-]c(Oc4[c-]c(-n5[c](=[Pt])n(C([2H])([2H])[2H])c6ccccc65)ccc4)ccc3c3cc4c(cc32)OCCC4)ncc1-c1ccc(C(C)(C)C)cc1. The zero-order valence-electron chi connectivity index (χ0n) is 34.9. The molecule has 5 aromatic carbocycles. The van der Waals surface area contributed by atoms with E-state index in [4.69, 9.17) is 22.7 Å². The minimum Gasteiger partial charge on any atom is -0.493 e. The third-order valence-corrected chi connectivity index (χ3v) is 10.8. The summed E-state index contributed by atoms with van der Waals surface area (Å²) in [6.07, 6.45) is 3.46. The zero-order chi connectivity index (χ0) is 40.7. The van der Waals surface area contributed by atoms with E-state index in [1.807, 2.05) is 101 Å². The van der Waals surface area contributed by atoms with Crippen molar-refractivity contribution in [1.82, 2.24) is 18.7 Å². The molecule has 0 atom stereocenters. The van der Waals surface area contributed by atoms with Crippen LogP contribution in [0.3, 0.4) is 0 Å². The molecule has 0 amide bonds. The number of pyridine rings is 1. The summed E-state index contributed by atoms with van der Waals surface area (Å²) in [7, 11) is 0. The molecule has 0 radical (unpaired) electrons. The van der Waals surface area contributed by atoms with E-state index in [9.17, 15) is 0 Å². The number of benzene rings is 5. The fraction of sp³-hybridized carbons (Fsp3) is 0.200. The smallest absolute Gasteiger partial charge is 0.493 e. The van der Waals surface area contributed by atoms with Crippen LogP contribution in [0.15, 0.2) is 103 Å². The molecule has 0 spiro atoms. The molecule has 0 bridgehead atoms. The molecule has 6 nitrogen and oxygen atoms in total. The van der Waals surface area contributed by atoms with Crippen molar-refractivity contribution in [2.75, 3.05) is 6.61 Å². The molecule has 262 valence electrons. The van der Waals surface area contributed by atoms with Gasteiger partial charge in [0.05, 0.1) is 6.61 Å². The van der Waals surface area contributed by atoms with Gasteiger partial charge in [-0.2, -0.15) is 0 Å². The number of hydrogen-bond acceptors (Lipinski definition) is 3. The van der Waals surface area contributed by atoms with Crippen LogP contribution in [0.25, 0.3) is 55.5 Å². The molecule has 0 saturated heterocycles. The second-order valence-corrected chi connectivity index (χ2v) is 15.2. The molecule has 1 aliphatic heterocycles. The molecular formula is C45H38N4O2Pt-2. The molecule has 0 unspecified atom stereocenters. The third kappa shape index (κ3) is 5.52. The Morgan fingerprint density at radius 3 is 2.48 bits per heavy atom. The van der Waals surface area contributed by atoms with Crippen molar-refractivity contribution in [3.05, 3.63) is 136 Å². The first kappa shape index (κ1) is 26.6. The van der Waals surface area contributed by atoms with Gasteiger partial charge in [0, 0.05) is 15.9 Å². The molecular weight excluding hydrogens is 824 g/mol. The number of imidazole rings is 1. The van der Waals surface area contributed by atoms with E-state index in [-0.39, 0.29) is 11.0 Å².